The summed E-state index contributed by atoms with van der Waals surface area (Å²) < 4.78 is 5.08. The van der Waals surface area contributed by atoms with Gasteiger partial charge in [-0.25, -0.2) is 0 Å². The minimum absolute atomic E-state index is 0.503. The largest absolute Gasteiger partial charge is 0.495 e. The molecular formula is C14H14ClNO2. The van der Waals surface area contributed by atoms with Gasteiger partial charge in [-0.2, -0.15) is 0 Å². The van der Waals surface area contributed by atoms with Gasteiger partial charge in [-0.3, -0.25) is 4.98 Å². The van der Waals surface area contributed by atoms with Crippen LogP contribution >= 0.6 is 11.6 Å². The van der Waals surface area contributed by atoms with Crippen molar-refractivity contribution in [1.82, 2.24) is 4.98 Å². The van der Waals surface area contributed by atoms with Gasteiger partial charge in [-0.15, -0.1) is 0 Å². The number of rotatable bonds is 4. The van der Waals surface area contributed by atoms with Gasteiger partial charge in [0.15, 0.2) is 0 Å². The quantitative estimate of drug-likeness (QED) is 0.922. The molecule has 0 aliphatic heterocycles. The predicted molar refractivity (Wildman–Crippen MR) is 70.9 cm³/mol. The Bertz CT molecular complexity index is 516. The lowest BCUT2D eigenvalue weighted by Crippen LogP contribution is -2.02. The van der Waals surface area contributed by atoms with E-state index >= 15 is 0 Å². The highest BCUT2D eigenvalue weighted by atomic mass is 35.5. The molecule has 0 spiro atoms. The zero-order chi connectivity index (χ0) is 13.0. The minimum atomic E-state index is -0.587. The molecule has 2 rings (SSSR count). The smallest absolute Gasteiger partial charge is 0.137 e. The van der Waals surface area contributed by atoms with Gasteiger partial charge in [0.1, 0.15) is 5.75 Å². The van der Waals surface area contributed by atoms with Crippen LogP contribution in [0.15, 0.2) is 42.7 Å². The van der Waals surface area contributed by atoms with Gasteiger partial charge in [-0.05, 0) is 35.4 Å². The normalized spacial score (nSPS) is 12.2. The van der Waals surface area contributed by atoms with Crippen LogP contribution < -0.4 is 4.74 Å². The summed E-state index contributed by atoms with van der Waals surface area (Å²) in [7, 11) is 1.56. The van der Waals surface area contributed by atoms with Gasteiger partial charge in [0.25, 0.3) is 0 Å². The topological polar surface area (TPSA) is 42.4 Å². The molecule has 0 radical (unpaired) electrons. The van der Waals surface area contributed by atoms with Gasteiger partial charge >= 0.3 is 0 Å². The molecule has 18 heavy (non-hydrogen) atoms. The van der Waals surface area contributed by atoms with Crippen molar-refractivity contribution in [3.63, 3.8) is 0 Å². The van der Waals surface area contributed by atoms with Crippen molar-refractivity contribution in [3.05, 3.63) is 58.9 Å². The second kappa shape index (κ2) is 5.85. The van der Waals surface area contributed by atoms with E-state index in [0.29, 0.717) is 17.2 Å². The maximum absolute atomic E-state index is 10.1. The number of aliphatic hydroxyl groups is 1. The van der Waals surface area contributed by atoms with E-state index in [1.807, 2.05) is 18.2 Å². The summed E-state index contributed by atoms with van der Waals surface area (Å²) in [5, 5.41) is 10.6. The van der Waals surface area contributed by atoms with Crippen molar-refractivity contribution < 1.29 is 9.84 Å². The van der Waals surface area contributed by atoms with E-state index in [2.05, 4.69) is 4.98 Å². The Morgan fingerprint density at radius 2 is 2.00 bits per heavy atom. The lowest BCUT2D eigenvalue weighted by atomic mass is 10.0. The fraction of sp³-hybridized carbons (Fsp3) is 0.214. The number of hydrogen-bond donors (Lipinski definition) is 1. The van der Waals surface area contributed by atoms with E-state index in [1.54, 1.807) is 31.6 Å². The van der Waals surface area contributed by atoms with E-state index in [0.717, 1.165) is 11.1 Å². The maximum atomic E-state index is 10.1. The molecule has 0 fully saturated rings. The SMILES string of the molecule is COc1ccc(C(O)Cc2ccncc2)cc1Cl. The highest BCUT2D eigenvalue weighted by molar-refractivity contribution is 6.32. The third-order valence-electron chi connectivity index (χ3n) is 2.74. The molecular weight excluding hydrogens is 250 g/mol. The van der Waals surface area contributed by atoms with Crippen molar-refractivity contribution in [2.24, 2.45) is 0 Å². The molecule has 1 aromatic heterocycles. The van der Waals surface area contributed by atoms with E-state index in [-0.39, 0.29) is 0 Å². The van der Waals surface area contributed by atoms with Crippen LogP contribution in [-0.4, -0.2) is 17.2 Å². The molecule has 4 heteroatoms. The summed E-state index contributed by atoms with van der Waals surface area (Å²) in [5.41, 5.74) is 1.81. The summed E-state index contributed by atoms with van der Waals surface area (Å²) in [6.45, 7) is 0. The zero-order valence-corrected chi connectivity index (χ0v) is 10.8. The number of halogens is 1. The monoisotopic (exact) mass is 263 g/mol. The maximum Gasteiger partial charge on any atom is 0.137 e. The third-order valence-corrected chi connectivity index (χ3v) is 3.03. The highest BCUT2D eigenvalue weighted by Crippen LogP contribution is 2.28. The van der Waals surface area contributed by atoms with Crippen LogP contribution in [0.1, 0.15) is 17.2 Å². The molecule has 1 N–H and O–H groups in total. The lowest BCUT2D eigenvalue weighted by molar-refractivity contribution is 0.178. The fourth-order valence-electron chi connectivity index (χ4n) is 1.75. The minimum Gasteiger partial charge on any atom is -0.495 e. The van der Waals surface area contributed by atoms with Crippen molar-refractivity contribution in [2.75, 3.05) is 7.11 Å². The molecule has 94 valence electrons. The van der Waals surface area contributed by atoms with Crippen LogP contribution in [0.5, 0.6) is 5.75 Å². The van der Waals surface area contributed by atoms with Crippen molar-refractivity contribution >= 4 is 11.6 Å². The lowest BCUT2D eigenvalue weighted by Gasteiger charge is -2.12. The molecule has 0 amide bonds. The van der Waals surface area contributed by atoms with Gasteiger partial charge in [0, 0.05) is 18.8 Å². The molecule has 0 saturated carbocycles. The Morgan fingerprint density at radius 3 is 2.61 bits per heavy atom. The Balaban J connectivity index is 2.14. The fourth-order valence-corrected chi connectivity index (χ4v) is 2.02. The van der Waals surface area contributed by atoms with Crippen molar-refractivity contribution in [1.29, 1.82) is 0 Å². The Kier molecular flexibility index (Phi) is 4.18. The molecule has 0 aliphatic rings. The number of benzene rings is 1. The van der Waals surface area contributed by atoms with E-state index in [4.69, 9.17) is 16.3 Å². The van der Waals surface area contributed by atoms with E-state index in [9.17, 15) is 5.11 Å². The second-order valence-corrected chi connectivity index (χ2v) is 4.38. The van der Waals surface area contributed by atoms with Crippen LogP contribution in [-0.2, 0) is 6.42 Å². The Morgan fingerprint density at radius 1 is 1.28 bits per heavy atom. The number of methoxy groups -OCH3 is 1. The van der Waals surface area contributed by atoms with E-state index < -0.39 is 6.10 Å². The molecule has 1 aromatic carbocycles. The number of hydrogen-bond acceptors (Lipinski definition) is 3. The number of ether oxygens (including phenoxy) is 1. The second-order valence-electron chi connectivity index (χ2n) is 3.97. The predicted octanol–water partition coefficient (Wildman–Crippen LogP) is 3.02. The summed E-state index contributed by atoms with van der Waals surface area (Å²) in [6.07, 6.45) is 3.37. The highest BCUT2D eigenvalue weighted by Gasteiger charge is 2.11. The van der Waals surface area contributed by atoms with Crippen LogP contribution in [0, 0.1) is 0 Å². The third kappa shape index (κ3) is 3.00. The first-order valence-corrected chi connectivity index (χ1v) is 5.99. The van der Waals surface area contributed by atoms with Gasteiger partial charge in [0.2, 0.25) is 0 Å². The molecule has 0 aliphatic carbocycles. The number of aromatic nitrogens is 1. The van der Waals surface area contributed by atoms with Crippen LogP contribution in [0.4, 0.5) is 0 Å². The Labute approximate surface area is 111 Å². The van der Waals surface area contributed by atoms with Gasteiger partial charge < -0.3 is 9.84 Å². The molecule has 3 nitrogen and oxygen atoms in total. The summed E-state index contributed by atoms with van der Waals surface area (Å²) in [4.78, 5) is 3.94. The molecule has 1 heterocycles. The standard InChI is InChI=1S/C14H14ClNO2/c1-18-14-3-2-11(9-12(14)15)13(17)8-10-4-6-16-7-5-10/h2-7,9,13,17H,8H2,1H3. The van der Waals surface area contributed by atoms with Crippen LogP contribution in [0.3, 0.4) is 0 Å². The summed E-state index contributed by atoms with van der Waals surface area (Å²) in [6, 6.07) is 9.07. The number of aliphatic hydroxyl groups excluding tert-OH is 1. The van der Waals surface area contributed by atoms with Crippen LogP contribution in [0.2, 0.25) is 5.02 Å². The summed E-state index contributed by atoms with van der Waals surface area (Å²) >= 11 is 6.03. The molecule has 1 atom stereocenters. The number of pyridine rings is 1. The van der Waals surface area contributed by atoms with Gasteiger partial charge in [-0.1, -0.05) is 17.7 Å². The Hall–Kier alpha value is -1.58. The molecule has 1 unspecified atom stereocenters. The van der Waals surface area contributed by atoms with E-state index in [1.165, 1.54) is 0 Å². The molecule has 2 aromatic rings. The van der Waals surface area contributed by atoms with Crippen LogP contribution in [0.25, 0.3) is 0 Å². The average molecular weight is 264 g/mol. The summed E-state index contributed by atoms with van der Waals surface area (Å²) in [5.74, 6) is 0.608. The number of nitrogens with zero attached hydrogens (tertiary/aromatic N) is 1. The molecule has 0 saturated heterocycles. The zero-order valence-electron chi connectivity index (χ0n) is 10.0. The van der Waals surface area contributed by atoms with Crippen molar-refractivity contribution in [3.8, 4) is 5.75 Å². The van der Waals surface area contributed by atoms with Crippen molar-refractivity contribution in [2.45, 2.75) is 12.5 Å². The first kappa shape index (κ1) is 12.9. The first-order chi connectivity index (χ1) is 8.70. The average Bonchev–Trinajstić information content (AvgIpc) is 2.39. The molecule has 0 bridgehead atoms. The first-order valence-electron chi connectivity index (χ1n) is 5.61. The van der Waals surface area contributed by atoms with Gasteiger partial charge in [0.05, 0.1) is 18.2 Å².